The van der Waals surface area contributed by atoms with Gasteiger partial charge in [-0.05, 0) is 24.3 Å². The summed E-state index contributed by atoms with van der Waals surface area (Å²) in [5.41, 5.74) is 1.16. The Bertz CT molecular complexity index is 501. The number of benzene rings is 1. The zero-order valence-electron chi connectivity index (χ0n) is 12.6. The number of methoxy groups -OCH3 is 1. The SMILES string of the molecule is CN=CCC#CC(=O)NCCCC(OC)c1ccccc1. The predicted octanol–water partition coefficient (Wildman–Crippen LogP) is 2.36. The summed E-state index contributed by atoms with van der Waals surface area (Å²) < 4.78 is 5.48. The number of hydrogen-bond donors (Lipinski definition) is 1. The van der Waals surface area contributed by atoms with E-state index in [1.165, 1.54) is 0 Å². The molecule has 0 spiro atoms. The van der Waals surface area contributed by atoms with E-state index in [4.69, 9.17) is 4.74 Å². The number of amides is 1. The number of hydrogen-bond acceptors (Lipinski definition) is 3. The number of ether oxygens (including phenoxy) is 1. The summed E-state index contributed by atoms with van der Waals surface area (Å²) in [6.07, 6.45) is 3.94. The average Bonchev–Trinajstić information content (AvgIpc) is 2.52. The largest absolute Gasteiger partial charge is 0.377 e. The van der Waals surface area contributed by atoms with Crippen LogP contribution in [-0.4, -0.2) is 32.8 Å². The molecule has 0 saturated heterocycles. The Hall–Kier alpha value is -2.12. The van der Waals surface area contributed by atoms with Crippen LogP contribution in [0.15, 0.2) is 35.3 Å². The Morgan fingerprint density at radius 3 is 2.86 bits per heavy atom. The molecule has 1 atom stereocenters. The molecule has 4 nitrogen and oxygen atoms in total. The number of carbonyl (C=O) groups is 1. The summed E-state index contributed by atoms with van der Waals surface area (Å²) in [7, 11) is 3.39. The number of nitrogens with zero attached hydrogens (tertiary/aromatic N) is 1. The van der Waals surface area contributed by atoms with Crippen LogP contribution < -0.4 is 5.32 Å². The van der Waals surface area contributed by atoms with E-state index in [1.54, 1.807) is 20.4 Å². The van der Waals surface area contributed by atoms with Gasteiger partial charge < -0.3 is 10.1 Å². The van der Waals surface area contributed by atoms with Crippen molar-refractivity contribution in [2.24, 2.45) is 4.99 Å². The third-order valence-corrected chi connectivity index (χ3v) is 2.96. The first-order valence-corrected chi connectivity index (χ1v) is 7.03. The van der Waals surface area contributed by atoms with E-state index >= 15 is 0 Å². The molecule has 0 aromatic heterocycles. The highest BCUT2D eigenvalue weighted by molar-refractivity contribution is 5.93. The first-order valence-electron chi connectivity index (χ1n) is 7.03. The van der Waals surface area contributed by atoms with Crippen molar-refractivity contribution in [3.63, 3.8) is 0 Å². The highest BCUT2D eigenvalue weighted by atomic mass is 16.5. The molecule has 0 bridgehead atoms. The molecular weight excluding hydrogens is 264 g/mol. The maximum absolute atomic E-state index is 11.4. The highest BCUT2D eigenvalue weighted by Gasteiger charge is 2.09. The van der Waals surface area contributed by atoms with Gasteiger partial charge in [0.2, 0.25) is 0 Å². The fourth-order valence-electron chi connectivity index (χ4n) is 1.89. The predicted molar refractivity (Wildman–Crippen MR) is 85.2 cm³/mol. The van der Waals surface area contributed by atoms with Gasteiger partial charge in [-0.2, -0.15) is 0 Å². The molecule has 0 fully saturated rings. The summed E-state index contributed by atoms with van der Waals surface area (Å²) in [6.45, 7) is 0.599. The first kappa shape index (κ1) is 16.9. The molecule has 1 rings (SSSR count). The van der Waals surface area contributed by atoms with Gasteiger partial charge in [0, 0.05) is 33.3 Å². The van der Waals surface area contributed by atoms with Gasteiger partial charge in [-0.3, -0.25) is 9.79 Å². The molecule has 1 aromatic rings. The highest BCUT2D eigenvalue weighted by Crippen LogP contribution is 2.21. The van der Waals surface area contributed by atoms with E-state index in [2.05, 4.69) is 22.2 Å². The van der Waals surface area contributed by atoms with Crippen molar-refractivity contribution in [1.82, 2.24) is 5.32 Å². The van der Waals surface area contributed by atoms with Crippen LogP contribution in [-0.2, 0) is 9.53 Å². The molecule has 112 valence electrons. The van der Waals surface area contributed by atoms with Crippen molar-refractivity contribution in [2.75, 3.05) is 20.7 Å². The van der Waals surface area contributed by atoms with Crippen LogP contribution in [0.1, 0.15) is 30.9 Å². The van der Waals surface area contributed by atoms with Crippen molar-refractivity contribution in [3.05, 3.63) is 35.9 Å². The molecule has 4 heteroatoms. The van der Waals surface area contributed by atoms with Gasteiger partial charge >= 0.3 is 0 Å². The average molecular weight is 286 g/mol. The summed E-state index contributed by atoms with van der Waals surface area (Å²) in [5, 5.41) is 2.78. The Morgan fingerprint density at radius 1 is 1.43 bits per heavy atom. The minimum absolute atomic E-state index is 0.0648. The van der Waals surface area contributed by atoms with E-state index in [0.29, 0.717) is 13.0 Å². The smallest absolute Gasteiger partial charge is 0.295 e. The van der Waals surface area contributed by atoms with E-state index in [1.807, 2.05) is 30.3 Å². The molecule has 21 heavy (non-hydrogen) atoms. The van der Waals surface area contributed by atoms with Crippen LogP contribution in [0.2, 0.25) is 0 Å². The zero-order chi connectivity index (χ0) is 15.3. The van der Waals surface area contributed by atoms with Crippen molar-refractivity contribution >= 4 is 12.1 Å². The third-order valence-electron chi connectivity index (χ3n) is 2.96. The van der Waals surface area contributed by atoms with Crippen LogP contribution in [0, 0.1) is 11.8 Å². The molecule has 0 saturated carbocycles. The fraction of sp³-hybridized carbons (Fsp3) is 0.412. The fourth-order valence-corrected chi connectivity index (χ4v) is 1.89. The number of carbonyl (C=O) groups excluding carboxylic acids is 1. The topological polar surface area (TPSA) is 50.7 Å². The Kier molecular flexibility index (Phi) is 8.58. The van der Waals surface area contributed by atoms with E-state index < -0.39 is 0 Å². The summed E-state index contributed by atoms with van der Waals surface area (Å²) in [4.78, 5) is 15.2. The molecule has 0 aliphatic heterocycles. The second-order valence-electron chi connectivity index (χ2n) is 4.48. The Morgan fingerprint density at radius 2 is 2.19 bits per heavy atom. The van der Waals surface area contributed by atoms with Crippen molar-refractivity contribution in [1.29, 1.82) is 0 Å². The van der Waals surface area contributed by atoms with Crippen LogP contribution >= 0.6 is 0 Å². The molecule has 1 aromatic carbocycles. The number of nitrogens with one attached hydrogen (secondary N) is 1. The second-order valence-corrected chi connectivity index (χ2v) is 4.48. The van der Waals surface area contributed by atoms with Gasteiger partial charge in [0.25, 0.3) is 5.91 Å². The lowest BCUT2D eigenvalue weighted by molar-refractivity contribution is -0.115. The second kappa shape index (κ2) is 10.6. The van der Waals surface area contributed by atoms with E-state index in [-0.39, 0.29) is 12.0 Å². The summed E-state index contributed by atoms with van der Waals surface area (Å²) in [6, 6.07) is 10.1. The monoisotopic (exact) mass is 286 g/mol. The van der Waals surface area contributed by atoms with Crippen molar-refractivity contribution in [3.8, 4) is 11.8 Å². The van der Waals surface area contributed by atoms with Crippen LogP contribution in [0.3, 0.4) is 0 Å². The molecule has 1 unspecified atom stereocenters. The van der Waals surface area contributed by atoms with Crippen LogP contribution in [0.5, 0.6) is 0 Å². The van der Waals surface area contributed by atoms with Crippen LogP contribution in [0.4, 0.5) is 0 Å². The minimum Gasteiger partial charge on any atom is -0.377 e. The molecule has 1 amide bonds. The van der Waals surface area contributed by atoms with Gasteiger partial charge in [0.1, 0.15) is 0 Å². The lowest BCUT2D eigenvalue weighted by Gasteiger charge is -2.15. The first-order chi connectivity index (χ1) is 10.3. The number of rotatable bonds is 7. The van der Waals surface area contributed by atoms with Crippen molar-refractivity contribution < 1.29 is 9.53 Å². The molecule has 0 aliphatic rings. The zero-order valence-corrected chi connectivity index (χ0v) is 12.6. The maximum Gasteiger partial charge on any atom is 0.295 e. The standard InChI is InChI=1S/C17H22N2O2/c1-18-13-7-6-12-17(20)19-14-8-11-16(21-2)15-9-4-3-5-10-15/h3-5,9-10,13,16H,7-8,11,14H2,1-2H3,(H,19,20). The van der Waals surface area contributed by atoms with Gasteiger partial charge in [-0.1, -0.05) is 36.3 Å². The van der Waals surface area contributed by atoms with Gasteiger partial charge in [0.05, 0.1) is 6.10 Å². The lowest BCUT2D eigenvalue weighted by Crippen LogP contribution is -2.23. The number of aliphatic imine (C=N–C) groups is 1. The lowest BCUT2D eigenvalue weighted by atomic mass is 10.0. The molecule has 0 heterocycles. The van der Waals surface area contributed by atoms with Crippen molar-refractivity contribution in [2.45, 2.75) is 25.4 Å². The van der Waals surface area contributed by atoms with E-state index in [0.717, 1.165) is 18.4 Å². The Labute approximate surface area is 126 Å². The molecule has 0 aliphatic carbocycles. The normalized spacial score (nSPS) is 11.7. The quantitative estimate of drug-likeness (QED) is 0.475. The summed E-state index contributed by atoms with van der Waals surface area (Å²) >= 11 is 0. The van der Waals surface area contributed by atoms with E-state index in [9.17, 15) is 4.79 Å². The molecule has 0 radical (unpaired) electrons. The van der Waals surface area contributed by atoms with Crippen LogP contribution in [0.25, 0.3) is 0 Å². The van der Waals surface area contributed by atoms with Gasteiger partial charge in [-0.25, -0.2) is 0 Å². The van der Waals surface area contributed by atoms with Gasteiger partial charge in [0.15, 0.2) is 0 Å². The summed E-state index contributed by atoms with van der Waals surface area (Å²) in [5.74, 6) is 5.02. The molecule has 1 N–H and O–H groups in total. The Balaban J connectivity index is 2.26. The van der Waals surface area contributed by atoms with Gasteiger partial charge in [-0.15, -0.1) is 0 Å². The maximum atomic E-state index is 11.4. The third kappa shape index (κ3) is 7.28. The molecular formula is C17H22N2O2. The minimum atomic E-state index is -0.242.